The van der Waals surface area contributed by atoms with Crippen molar-refractivity contribution < 1.29 is 62.9 Å². The van der Waals surface area contributed by atoms with E-state index < -0.39 is 65.0 Å². The van der Waals surface area contributed by atoms with Gasteiger partial charge in [0.05, 0.1) is 0 Å². The van der Waals surface area contributed by atoms with E-state index in [2.05, 4.69) is 0 Å². The summed E-state index contributed by atoms with van der Waals surface area (Å²) in [6.07, 6.45) is -30.4. The Labute approximate surface area is 213 Å². The minimum Gasteiger partial charge on any atom is -0.399 e. The highest BCUT2D eigenvalue weighted by Gasteiger charge is 2.72. The lowest BCUT2D eigenvalue weighted by Crippen LogP contribution is -2.58. The number of alkyl halides is 12. The fraction of sp³-hybridized carbons (Fsp3) is 0.417. The molecule has 15 heteroatoms. The smallest absolute Gasteiger partial charge is 0.399 e. The number of hydrogen-bond donors (Lipinski definition) is 3. The molecule has 4 N–H and O–H groups in total. The molecule has 0 aliphatic rings. The summed E-state index contributed by atoms with van der Waals surface area (Å²) < 4.78 is 160. The Kier molecular flexibility index (Phi) is 8.20. The quantitative estimate of drug-likeness (QED) is 0.252. The van der Waals surface area contributed by atoms with Crippen LogP contribution in [0.5, 0.6) is 0 Å². The zero-order chi connectivity index (χ0) is 30.5. The molecule has 0 unspecified atom stereocenters. The zero-order valence-corrected chi connectivity index (χ0v) is 19.9. The number of rotatable bonds is 6. The minimum atomic E-state index is -6.61. The van der Waals surface area contributed by atoms with Gasteiger partial charge in [-0.2, -0.15) is 52.7 Å². The van der Waals surface area contributed by atoms with Gasteiger partial charge in [0.25, 0.3) is 11.2 Å². The molecular weight excluding hydrogens is 562 g/mol. The Morgan fingerprint density at radius 2 is 1.00 bits per heavy atom. The second kappa shape index (κ2) is 9.91. The third kappa shape index (κ3) is 6.13. The molecule has 0 bridgehead atoms. The maximum atomic E-state index is 13.3. The Bertz CT molecular complexity index is 1140. The first-order valence-electron chi connectivity index (χ1n) is 10.7. The summed E-state index contributed by atoms with van der Waals surface area (Å²) in [6.45, 7) is 3.25. The van der Waals surface area contributed by atoms with Crippen LogP contribution in [0, 0.1) is 0 Å². The van der Waals surface area contributed by atoms with E-state index in [9.17, 15) is 62.9 Å². The molecule has 0 radical (unpaired) electrons. The third-order valence-corrected chi connectivity index (χ3v) is 6.24. The number of hydrogen-bond acceptors (Lipinski definition) is 3. The van der Waals surface area contributed by atoms with Crippen molar-refractivity contribution in [3.05, 3.63) is 71.3 Å². The van der Waals surface area contributed by atoms with E-state index in [-0.39, 0.29) is 0 Å². The molecule has 0 aliphatic heterocycles. The molecule has 0 atom stereocenters. The topological polar surface area (TPSA) is 66.5 Å². The van der Waals surface area contributed by atoms with Crippen LogP contribution in [0.25, 0.3) is 5.57 Å². The fourth-order valence-corrected chi connectivity index (χ4v) is 3.62. The average Bonchev–Trinajstić information content (AvgIpc) is 2.75. The van der Waals surface area contributed by atoms with Crippen molar-refractivity contribution in [1.29, 1.82) is 0 Å². The molecular formula is C24H21F12NO2. The summed E-state index contributed by atoms with van der Waals surface area (Å²) in [5.74, 6) is 0. The van der Waals surface area contributed by atoms with Crippen LogP contribution < -0.4 is 5.73 Å². The number of nitrogen functional groups attached to an aromatic ring is 1. The number of benzene rings is 2. The van der Waals surface area contributed by atoms with Gasteiger partial charge < -0.3 is 15.9 Å². The van der Waals surface area contributed by atoms with Gasteiger partial charge in [0.2, 0.25) is 0 Å². The van der Waals surface area contributed by atoms with Gasteiger partial charge in [-0.05, 0) is 40.5 Å². The molecule has 0 saturated heterocycles. The van der Waals surface area contributed by atoms with Gasteiger partial charge in [-0.25, -0.2) is 0 Å². The Morgan fingerprint density at radius 1 is 0.641 bits per heavy atom. The summed E-state index contributed by atoms with van der Waals surface area (Å²) in [4.78, 5) is 0. The van der Waals surface area contributed by atoms with E-state index in [1.165, 1.54) is 12.1 Å². The summed E-state index contributed by atoms with van der Waals surface area (Å²) >= 11 is 0. The molecule has 2 rings (SSSR count). The highest BCUT2D eigenvalue weighted by molar-refractivity contribution is 5.69. The van der Waals surface area contributed by atoms with E-state index in [4.69, 9.17) is 5.73 Å². The van der Waals surface area contributed by atoms with Gasteiger partial charge in [0, 0.05) is 17.5 Å². The van der Waals surface area contributed by atoms with E-state index in [1.807, 2.05) is 0 Å². The number of aliphatic hydroxyl groups is 2. The predicted molar refractivity (Wildman–Crippen MR) is 116 cm³/mol. The van der Waals surface area contributed by atoms with Crippen LogP contribution in [0.4, 0.5) is 58.4 Å². The van der Waals surface area contributed by atoms with Gasteiger partial charge in [-0.3, -0.25) is 0 Å². The molecule has 0 fully saturated rings. The lowest BCUT2D eigenvalue weighted by atomic mass is 9.77. The maximum Gasteiger partial charge on any atom is 0.430 e. The molecule has 3 nitrogen and oxygen atoms in total. The first-order valence-corrected chi connectivity index (χ1v) is 10.7. The summed E-state index contributed by atoms with van der Waals surface area (Å²) in [7, 11) is 0. The lowest BCUT2D eigenvalue weighted by molar-refractivity contribution is -0.366. The lowest BCUT2D eigenvalue weighted by Gasteiger charge is -2.35. The third-order valence-electron chi connectivity index (χ3n) is 6.24. The normalized spacial score (nSPS) is 15.0. The molecule has 0 spiro atoms. The van der Waals surface area contributed by atoms with Crippen LogP contribution in [0.3, 0.4) is 0 Å². The number of nitrogens with two attached hydrogens (primary N) is 1. The van der Waals surface area contributed by atoms with Crippen molar-refractivity contribution in [2.75, 3.05) is 5.73 Å². The SMILES string of the molecule is CC(C)(c1ccc(N)cc1)c1ccc(/C(=C/C(O)(C(F)(F)F)C(F)(F)F)CC(O)(C(F)(F)F)C(F)(F)F)cc1. The van der Waals surface area contributed by atoms with Gasteiger partial charge in [0.1, 0.15) is 0 Å². The van der Waals surface area contributed by atoms with Gasteiger partial charge in [-0.1, -0.05) is 50.2 Å². The van der Waals surface area contributed by atoms with E-state index >= 15 is 0 Å². The number of halogens is 12. The second-order valence-electron chi connectivity index (χ2n) is 9.29. The van der Waals surface area contributed by atoms with Crippen LogP contribution in [0.2, 0.25) is 0 Å². The van der Waals surface area contributed by atoms with E-state index in [0.29, 0.717) is 28.9 Å². The van der Waals surface area contributed by atoms with Crippen molar-refractivity contribution in [2.24, 2.45) is 0 Å². The molecule has 218 valence electrons. The van der Waals surface area contributed by atoms with Gasteiger partial charge in [-0.15, -0.1) is 0 Å². The van der Waals surface area contributed by atoms with Gasteiger partial charge in [0.15, 0.2) is 0 Å². The summed E-state index contributed by atoms with van der Waals surface area (Å²) in [5, 5.41) is 19.0. The Balaban J connectivity index is 2.78. The fourth-order valence-electron chi connectivity index (χ4n) is 3.62. The zero-order valence-electron chi connectivity index (χ0n) is 19.9. The van der Waals surface area contributed by atoms with Gasteiger partial charge >= 0.3 is 24.7 Å². The molecule has 39 heavy (non-hydrogen) atoms. The largest absolute Gasteiger partial charge is 0.430 e. The second-order valence-corrected chi connectivity index (χ2v) is 9.29. The van der Waals surface area contributed by atoms with Crippen LogP contribution in [-0.2, 0) is 5.41 Å². The van der Waals surface area contributed by atoms with Crippen LogP contribution in [0.15, 0.2) is 54.6 Å². The monoisotopic (exact) mass is 583 g/mol. The molecule has 0 aliphatic carbocycles. The summed E-state index contributed by atoms with van der Waals surface area (Å²) in [6, 6.07) is 9.70. The van der Waals surface area contributed by atoms with Crippen LogP contribution in [0.1, 0.15) is 37.0 Å². The standard InChI is InChI=1S/C24H21F12NO2/c1-18(2,16-7-9-17(37)10-8-16)15-5-3-13(4-6-15)14(11-19(38,21(25,26)27)22(28,29)30)12-20(39,23(31,32)33)24(34,35)36/h3-11,38-39H,12,37H2,1-2H3/b14-11+. The molecule has 2 aromatic rings. The van der Waals surface area contributed by atoms with Crippen molar-refractivity contribution in [1.82, 2.24) is 0 Å². The van der Waals surface area contributed by atoms with E-state index in [1.54, 1.807) is 26.0 Å². The molecule has 0 saturated carbocycles. The molecule has 2 aromatic carbocycles. The summed E-state index contributed by atoms with van der Waals surface area (Å²) in [5.41, 5.74) is -8.51. The minimum absolute atomic E-state index is 0.305. The van der Waals surface area contributed by atoms with Crippen LogP contribution in [-0.4, -0.2) is 46.1 Å². The highest BCUT2D eigenvalue weighted by atomic mass is 19.4. The van der Waals surface area contributed by atoms with E-state index in [0.717, 1.165) is 12.1 Å². The first kappa shape index (κ1) is 32.3. The van der Waals surface area contributed by atoms with Crippen molar-refractivity contribution in [2.45, 2.75) is 61.6 Å². The Hall–Kier alpha value is -2.94. The van der Waals surface area contributed by atoms with Crippen molar-refractivity contribution in [3.8, 4) is 0 Å². The van der Waals surface area contributed by atoms with Crippen molar-refractivity contribution in [3.63, 3.8) is 0 Å². The van der Waals surface area contributed by atoms with Crippen molar-refractivity contribution >= 4 is 11.3 Å². The predicted octanol–water partition coefficient (Wildman–Crippen LogP) is 7.08. The molecule has 0 heterocycles. The number of anilines is 1. The highest BCUT2D eigenvalue weighted by Crippen LogP contribution is 2.51. The average molecular weight is 583 g/mol. The van der Waals surface area contributed by atoms with Crippen LogP contribution >= 0.6 is 0 Å². The molecule has 0 aromatic heterocycles. The Morgan fingerprint density at radius 3 is 1.33 bits per heavy atom. The molecule has 0 amide bonds. The maximum absolute atomic E-state index is 13.3. The first-order chi connectivity index (χ1) is 17.3.